The number of carbonyl (C=O) groups is 2. The molecule has 0 aliphatic heterocycles. The maximum Gasteiger partial charge on any atom is 0.416 e. The number of rotatable bonds is 7. The van der Waals surface area contributed by atoms with Gasteiger partial charge in [-0.1, -0.05) is 36.7 Å². The van der Waals surface area contributed by atoms with Gasteiger partial charge in [0.25, 0.3) is 0 Å². The Morgan fingerprint density at radius 3 is 2.27 bits per heavy atom. The normalized spacial score (nSPS) is 11.3. The van der Waals surface area contributed by atoms with Gasteiger partial charge < -0.3 is 10.2 Å². The molecule has 0 atom stereocenters. The maximum absolute atomic E-state index is 12.9. The van der Waals surface area contributed by atoms with Gasteiger partial charge in [-0.25, -0.2) is 0 Å². The molecule has 2 amide bonds. The lowest BCUT2D eigenvalue weighted by Gasteiger charge is -2.26. The van der Waals surface area contributed by atoms with Gasteiger partial charge in [-0.3, -0.25) is 9.59 Å². The van der Waals surface area contributed by atoms with Gasteiger partial charge in [0.2, 0.25) is 11.8 Å². The number of nitrogens with zero attached hydrogens (tertiary/aromatic N) is 1. The molecule has 2 aromatic rings. The summed E-state index contributed by atoms with van der Waals surface area (Å²) in [5.41, 5.74) is 1.73. The molecular weight excluding hydrogens is 417 g/mol. The lowest BCUT2D eigenvalue weighted by atomic mass is 10.1. The summed E-state index contributed by atoms with van der Waals surface area (Å²) in [5.74, 6) is -0.775. The Hall–Kier alpha value is -2.54. The number of anilines is 2. The molecule has 0 saturated carbocycles. The number of alkyl halides is 3. The Morgan fingerprint density at radius 2 is 1.70 bits per heavy atom. The highest BCUT2D eigenvalue weighted by molar-refractivity contribution is 6.31. The third-order valence-corrected chi connectivity index (χ3v) is 4.75. The zero-order valence-corrected chi connectivity index (χ0v) is 17.8. The van der Waals surface area contributed by atoms with Crippen LogP contribution in [-0.4, -0.2) is 18.4 Å². The van der Waals surface area contributed by atoms with Crippen LogP contribution in [0.25, 0.3) is 0 Å². The fourth-order valence-electron chi connectivity index (χ4n) is 3.22. The number of hydrogen-bond acceptors (Lipinski definition) is 2. The molecule has 0 unspecified atom stereocenters. The molecule has 0 fully saturated rings. The van der Waals surface area contributed by atoms with E-state index in [-0.39, 0.29) is 29.5 Å². The van der Waals surface area contributed by atoms with Gasteiger partial charge in [-0.15, -0.1) is 0 Å². The van der Waals surface area contributed by atoms with Crippen LogP contribution in [0.2, 0.25) is 5.02 Å². The number of nitrogens with one attached hydrogen (secondary N) is 1. The molecule has 2 rings (SSSR count). The van der Waals surface area contributed by atoms with Gasteiger partial charge in [0, 0.05) is 35.8 Å². The molecule has 8 heteroatoms. The third kappa shape index (κ3) is 6.23. The van der Waals surface area contributed by atoms with E-state index in [0.717, 1.165) is 35.4 Å². The molecule has 162 valence electrons. The van der Waals surface area contributed by atoms with Crippen molar-refractivity contribution in [3.8, 4) is 0 Å². The predicted molar refractivity (Wildman–Crippen MR) is 113 cm³/mol. The van der Waals surface area contributed by atoms with E-state index >= 15 is 0 Å². The Morgan fingerprint density at radius 1 is 1.07 bits per heavy atom. The first-order valence-electron chi connectivity index (χ1n) is 9.57. The van der Waals surface area contributed by atoms with Crippen LogP contribution >= 0.6 is 11.6 Å². The summed E-state index contributed by atoms with van der Waals surface area (Å²) in [5, 5.41) is 2.25. The van der Waals surface area contributed by atoms with Crippen molar-refractivity contribution in [3.05, 3.63) is 58.1 Å². The minimum Gasteiger partial charge on any atom is -0.326 e. The highest BCUT2D eigenvalue weighted by atomic mass is 35.5. The molecule has 0 bridgehead atoms. The van der Waals surface area contributed by atoms with Crippen LogP contribution in [0.15, 0.2) is 36.4 Å². The van der Waals surface area contributed by atoms with Crippen LogP contribution in [-0.2, 0) is 15.8 Å². The summed E-state index contributed by atoms with van der Waals surface area (Å²) in [6.07, 6.45) is -4.05. The Labute approximate surface area is 179 Å². The molecule has 0 aliphatic carbocycles. The first-order chi connectivity index (χ1) is 14.0. The van der Waals surface area contributed by atoms with Gasteiger partial charge >= 0.3 is 6.18 Å². The van der Waals surface area contributed by atoms with Crippen molar-refractivity contribution in [3.63, 3.8) is 0 Å². The molecule has 0 spiro atoms. The smallest absolute Gasteiger partial charge is 0.326 e. The van der Waals surface area contributed by atoms with Crippen molar-refractivity contribution in [2.75, 3.05) is 16.8 Å². The van der Waals surface area contributed by atoms with E-state index in [0.29, 0.717) is 6.54 Å². The number of amides is 2. The number of para-hydroxylation sites is 1. The molecule has 2 aromatic carbocycles. The van der Waals surface area contributed by atoms with Crippen LogP contribution in [0.4, 0.5) is 24.5 Å². The second kappa shape index (κ2) is 9.98. The highest BCUT2D eigenvalue weighted by Crippen LogP contribution is 2.33. The second-order valence-corrected chi connectivity index (χ2v) is 7.50. The van der Waals surface area contributed by atoms with E-state index in [1.807, 2.05) is 39.0 Å². The van der Waals surface area contributed by atoms with Crippen LogP contribution in [0, 0.1) is 13.8 Å². The number of aryl methyl sites for hydroxylation is 2. The van der Waals surface area contributed by atoms with E-state index < -0.39 is 17.6 Å². The molecule has 1 N–H and O–H groups in total. The topological polar surface area (TPSA) is 49.4 Å². The lowest BCUT2D eigenvalue weighted by molar-refractivity contribution is -0.137. The molecule has 0 aromatic heterocycles. The summed E-state index contributed by atoms with van der Waals surface area (Å²) in [7, 11) is 0. The van der Waals surface area contributed by atoms with Crippen molar-refractivity contribution in [2.24, 2.45) is 0 Å². The fraction of sp³-hybridized carbons (Fsp3) is 0.364. The van der Waals surface area contributed by atoms with Crippen LogP contribution in [0.3, 0.4) is 0 Å². The van der Waals surface area contributed by atoms with Crippen molar-refractivity contribution >= 4 is 34.8 Å². The summed E-state index contributed by atoms with van der Waals surface area (Å²) in [6.45, 7) is 6.30. The van der Waals surface area contributed by atoms with Crippen molar-refractivity contribution in [2.45, 2.75) is 46.2 Å². The number of halogens is 4. The third-order valence-electron chi connectivity index (χ3n) is 4.53. The minimum atomic E-state index is -4.58. The van der Waals surface area contributed by atoms with Gasteiger partial charge in [0.05, 0.1) is 5.56 Å². The second-order valence-electron chi connectivity index (χ2n) is 7.06. The summed E-state index contributed by atoms with van der Waals surface area (Å²) < 4.78 is 38.7. The monoisotopic (exact) mass is 440 g/mol. The quantitative estimate of drug-likeness (QED) is 0.562. The van der Waals surface area contributed by atoms with E-state index in [2.05, 4.69) is 5.32 Å². The van der Waals surface area contributed by atoms with Crippen LogP contribution in [0.5, 0.6) is 0 Å². The Balaban J connectivity index is 2.08. The zero-order chi connectivity index (χ0) is 22.5. The number of benzene rings is 2. The molecule has 0 heterocycles. The molecule has 0 aliphatic rings. The van der Waals surface area contributed by atoms with Crippen LogP contribution < -0.4 is 10.2 Å². The van der Waals surface area contributed by atoms with Gasteiger partial charge in [-0.2, -0.15) is 13.2 Å². The lowest BCUT2D eigenvalue weighted by Crippen LogP contribution is -2.33. The standard InChI is InChI=1S/C22H24ClF3N2O2/c1-4-10-28(21-14(2)6-5-7-15(21)3)20(30)9-8-19(29)27-18-12-16(22(24,25)26)11-17(23)13-18/h5-7,11-13H,4,8-10H2,1-3H3,(H,27,29). The Kier molecular flexibility index (Phi) is 7.89. The first kappa shape index (κ1) is 23.7. The van der Waals surface area contributed by atoms with Crippen molar-refractivity contribution < 1.29 is 22.8 Å². The van der Waals surface area contributed by atoms with E-state index in [1.165, 1.54) is 6.07 Å². The van der Waals surface area contributed by atoms with E-state index in [9.17, 15) is 22.8 Å². The molecule has 0 radical (unpaired) electrons. The average Bonchev–Trinajstić information content (AvgIpc) is 2.64. The summed E-state index contributed by atoms with van der Waals surface area (Å²) >= 11 is 5.73. The number of hydrogen-bond donors (Lipinski definition) is 1. The SMILES string of the molecule is CCCN(C(=O)CCC(=O)Nc1cc(Cl)cc(C(F)(F)F)c1)c1c(C)cccc1C. The van der Waals surface area contributed by atoms with E-state index in [4.69, 9.17) is 11.6 Å². The summed E-state index contributed by atoms with van der Waals surface area (Å²) in [4.78, 5) is 26.7. The van der Waals surface area contributed by atoms with Gasteiger partial charge in [-0.05, 0) is 49.6 Å². The molecule has 4 nitrogen and oxygen atoms in total. The Bertz CT molecular complexity index is 909. The van der Waals surface area contributed by atoms with Crippen molar-refractivity contribution in [1.82, 2.24) is 0 Å². The molecular formula is C22H24ClF3N2O2. The number of carbonyl (C=O) groups excluding carboxylic acids is 2. The highest BCUT2D eigenvalue weighted by Gasteiger charge is 2.31. The van der Waals surface area contributed by atoms with Crippen molar-refractivity contribution in [1.29, 1.82) is 0 Å². The average molecular weight is 441 g/mol. The largest absolute Gasteiger partial charge is 0.416 e. The van der Waals surface area contributed by atoms with Crippen LogP contribution in [0.1, 0.15) is 42.9 Å². The minimum absolute atomic E-state index is 0.0626. The molecule has 0 saturated heterocycles. The molecule has 30 heavy (non-hydrogen) atoms. The van der Waals surface area contributed by atoms with E-state index in [1.54, 1.807) is 4.90 Å². The first-order valence-corrected chi connectivity index (χ1v) is 9.95. The summed E-state index contributed by atoms with van der Waals surface area (Å²) in [6, 6.07) is 8.58. The fourth-order valence-corrected chi connectivity index (χ4v) is 3.46. The van der Waals surface area contributed by atoms with Gasteiger partial charge in [0.15, 0.2) is 0 Å². The maximum atomic E-state index is 12.9. The zero-order valence-electron chi connectivity index (χ0n) is 17.1. The van der Waals surface area contributed by atoms with Gasteiger partial charge in [0.1, 0.15) is 0 Å². The predicted octanol–water partition coefficient (Wildman–Crippen LogP) is 6.14.